The van der Waals surface area contributed by atoms with E-state index in [1.807, 2.05) is 6.92 Å². The lowest BCUT2D eigenvalue weighted by atomic mass is 9.96. The molecule has 0 fully saturated rings. The molecule has 0 aliphatic heterocycles. The van der Waals surface area contributed by atoms with Gasteiger partial charge in [-0.15, -0.1) is 0 Å². The van der Waals surface area contributed by atoms with E-state index in [1.54, 1.807) is 13.8 Å². The van der Waals surface area contributed by atoms with Gasteiger partial charge in [-0.1, -0.05) is 52.9 Å². The van der Waals surface area contributed by atoms with E-state index in [9.17, 15) is 22.6 Å². The Morgan fingerprint density at radius 3 is 1.96 bits per heavy atom. The Labute approximate surface area is 151 Å². The van der Waals surface area contributed by atoms with Crippen LogP contribution < -0.4 is 0 Å². The first-order valence-electron chi connectivity index (χ1n) is 9.05. The molecule has 0 aliphatic rings. The summed E-state index contributed by atoms with van der Waals surface area (Å²) < 4.78 is 41.4. The second kappa shape index (κ2) is 12.2. The predicted octanol–water partition coefficient (Wildman–Crippen LogP) is 3.27. The van der Waals surface area contributed by atoms with Crippen LogP contribution >= 0.6 is 0 Å². The zero-order chi connectivity index (χ0) is 19.3. The zero-order valence-corrected chi connectivity index (χ0v) is 16.4. The summed E-state index contributed by atoms with van der Waals surface area (Å²) in [6.07, 6.45) is 4.18. The number of hydrogen-bond donors (Lipinski definition) is 1. The quantitative estimate of drug-likeness (QED) is 0.280. The molecule has 0 aliphatic carbocycles. The van der Waals surface area contributed by atoms with Crippen molar-refractivity contribution in [3.63, 3.8) is 0 Å². The first-order valence-corrected chi connectivity index (χ1v) is 10.5. The SMILES string of the molecule is CCCCCCCC(CC(=O)OCCC)(C(=O)OCCC)S(=O)(=O)O. The minimum atomic E-state index is -4.84. The standard InChI is InChI=1S/C17H32O7S/c1-4-7-8-9-10-11-17(25(20,21)22,16(19)24-13-6-3)14-15(18)23-12-5-2/h4-14H2,1-3H3,(H,20,21,22). The largest absolute Gasteiger partial charge is 0.466 e. The normalized spacial score (nSPS) is 13.9. The van der Waals surface area contributed by atoms with E-state index in [4.69, 9.17) is 9.47 Å². The fourth-order valence-corrected chi connectivity index (χ4v) is 3.40. The van der Waals surface area contributed by atoms with Crippen LogP contribution in [0.5, 0.6) is 0 Å². The molecule has 8 heteroatoms. The summed E-state index contributed by atoms with van der Waals surface area (Å²) in [4.78, 5) is 24.4. The van der Waals surface area contributed by atoms with Crippen molar-refractivity contribution in [1.82, 2.24) is 0 Å². The summed E-state index contributed by atoms with van der Waals surface area (Å²) in [5.74, 6) is -1.91. The van der Waals surface area contributed by atoms with E-state index in [0.29, 0.717) is 25.7 Å². The molecule has 0 bridgehead atoms. The van der Waals surface area contributed by atoms with Gasteiger partial charge < -0.3 is 9.47 Å². The van der Waals surface area contributed by atoms with E-state index in [2.05, 4.69) is 0 Å². The average molecular weight is 381 g/mol. The molecule has 0 heterocycles. The van der Waals surface area contributed by atoms with Crippen LogP contribution in [0, 0.1) is 0 Å². The summed E-state index contributed by atoms with van der Waals surface area (Å²) in [7, 11) is -4.84. The monoisotopic (exact) mass is 380 g/mol. The number of hydrogen-bond acceptors (Lipinski definition) is 6. The first kappa shape index (κ1) is 23.9. The molecule has 0 saturated heterocycles. The van der Waals surface area contributed by atoms with Gasteiger partial charge in [-0.25, -0.2) is 0 Å². The van der Waals surface area contributed by atoms with Crippen molar-refractivity contribution in [3.8, 4) is 0 Å². The van der Waals surface area contributed by atoms with E-state index < -0.39 is 33.2 Å². The highest BCUT2D eigenvalue weighted by Crippen LogP contribution is 2.31. The highest BCUT2D eigenvalue weighted by atomic mass is 32.2. The Hall–Kier alpha value is -1.15. The van der Waals surface area contributed by atoms with Crippen LogP contribution in [0.4, 0.5) is 0 Å². The number of unbranched alkanes of at least 4 members (excludes halogenated alkanes) is 4. The van der Waals surface area contributed by atoms with Crippen molar-refractivity contribution < 1.29 is 32.0 Å². The van der Waals surface area contributed by atoms with Crippen molar-refractivity contribution in [1.29, 1.82) is 0 Å². The smallest absolute Gasteiger partial charge is 0.330 e. The molecule has 0 amide bonds. The first-order chi connectivity index (χ1) is 11.7. The highest BCUT2D eigenvalue weighted by molar-refractivity contribution is 7.88. The van der Waals surface area contributed by atoms with Gasteiger partial charge in [0.1, 0.15) is 0 Å². The minimum Gasteiger partial charge on any atom is -0.466 e. The van der Waals surface area contributed by atoms with Gasteiger partial charge in [-0.3, -0.25) is 14.1 Å². The topological polar surface area (TPSA) is 107 Å². The van der Waals surface area contributed by atoms with Gasteiger partial charge in [0.15, 0.2) is 0 Å². The molecule has 148 valence electrons. The second-order valence-electron chi connectivity index (χ2n) is 6.17. The third-order valence-electron chi connectivity index (χ3n) is 3.88. The maximum Gasteiger partial charge on any atom is 0.330 e. The molecule has 25 heavy (non-hydrogen) atoms. The molecule has 0 aromatic carbocycles. The Bertz CT molecular complexity index is 501. The van der Waals surface area contributed by atoms with Crippen molar-refractivity contribution >= 4 is 22.1 Å². The van der Waals surface area contributed by atoms with Gasteiger partial charge in [0.2, 0.25) is 4.75 Å². The van der Waals surface area contributed by atoms with Crippen molar-refractivity contribution in [2.24, 2.45) is 0 Å². The van der Waals surface area contributed by atoms with Crippen LogP contribution in [-0.4, -0.2) is 42.9 Å². The molecule has 0 spiro atoms. The van der Waals surface area contributed by atoms with Gasteiger partial charge in [0.05, 0.1) is 19.6 Å². The van der Waals surface area contributed by atoms with E-state index in [-0.39, 0.29) is 19.6 Å². The maximum absolute atomic E-state index is 12.4. The minimum absolute atomic E-state index is 0.0238. The van der Waals surface area contributed by atoms with E-state index >= 15 is 0 Å². The number of rotatable bonds is 14. The van der Waals surface area contributed by atoms with Crippen molar-refractivity contribution in [3.05, 3.63) is 0 Å². The zero-order valence-electron chi connectivity index (χ0n) is 15.6. The third-order valence-corrected chi connectivity index (χ3v) is 5.39. The molecule has 0 saturated carbocycles. The molecule has 0 rings (SSSR count). The number of carbonyl (C=O) groups is 2. The Morgan fingerprint density at radius 1 is 0.880 bits per heavy atom. The maximum atomic E-state index is 12.4. The summed E-state index contributed by atoms with van der Waals surface area (Å²) in [6.45, 7) is 5.76. The average Bonchev–Trinajstić information content (AvgIpc) is 2.55. The van der Waals surface area contributed by atoms with Crippen LogP contribution in [0.1, 0.15) is 78.6 Å². The molecule has 1 unspecified atom stereocenters. The van der Waals surface area contributed by atoms with Crippen LogP contribution in [0.3, 0.4) is 0 Å². The Kier molecular flexibility index (Phi) is 11.7. The Balaban J connectivity index is 5.36. The fourth-order valence-electron chi connectivity index (χ4n) is 2.43. The lowest BCUT2D eigenvalue weighted by Crippen LogP contribution is -2.49. The fraction of sp³-hybridized carbons (Fsp3) is 0.882. The second-order valence-corrected chi connectivity index (χ2v) is 7.90. The number of ether oxygens (including phenoxy) is 2. The third kappa shape index (κ3) is 8.18. The summed E-state index contributed by atoms with van der Waals surface area (Å²) >= 11 is 0. The van der Waals surface area contributed by atoms with Crippen molar-refractivity contribution in [2.75, 3.05) is 13.2 Å². The van der Waals surface area contributed by atoms with Gasteiger partial charge in [-0.05, 0) is 19.3 Å². The van der Waals surface area contributed by atoms with Crippen LogP contribution in [0.2, 0.25) is 0 Å². The molecule has 1 N–H and O–H groups in total. The Morgan fingerprint density at radius 2 is 1.44 bits per heavy atom. The highest BCUT2D eigenvalue weighted by Gasteiger charge is 2.53. The van der Waals surface area contributed by atoms with Crippen molar-refractivity contribution in [2.45, 2.75) is 83.3 Å². The van der Waals surface area contributed by atoms with Gasteiger partial charge in [0.25, 0.3) is 10.1 Å². The molecular weight excluding hydrogens is 348 g/mol. The van der Waals surface area contributed by atoms with E-state index in [1.165, 1.54) is 0 Å². The molecule has 0 aromatic rings. The lowest BCUT2D eigenvalue weighted by molar-refractivity contribution is -0.154. The summed E-state index contributed by atoms with van der Waals surface area (Å²) in [5.41, 5.74) is 0. The van der Waals surface area contributed by atoms with Gasteiger partial charge in [-0.2, -0.15) is 8.42 Å². The molecule has 0 aromatic heterocycles. The number of carbonyl (C=O) groups excluding carboxylic acids is 2. The molecule has 0 radical (unpaired) electrons. The van der Waals surface area contributed by atoms with Gasteiger partial charge in [0, 0.05) is 0 Å². The predicted molar refractivity (Wildman–Crippen MR) is 94.8 cm³/mol. The molecular formula is C17H32O7S. The van der Waals surface area contributed by atoms with Crippen LogP contribution in [0.15, 0.2) is 0 Å². The summed E-state index contributed by atoms with van der Waals surface area (Å²) in [5, 5.41) is 0. The van der Waals surface area contributed by atoms with E-state index in [0.717, 1.165) is 19.3 Å². The van der Waals surface area contributed by atoms with Crippen LogP contribution in [-0.2, 0) is 29.2 Å². The molecule has 1 atom stereocenters. The summed E-state index contributed by atoms with van der Waals surface area (Å²) in [6, 6.07) is 0. The number of esters is 2. The lowest BCUT2D eigenvalue weighted by Gasteiger charge is -2.27. The van der Waals surface area contributed by atoms with Crippen LogP contribution in [0.25, 0.3) is 0 Å². The molecule has 7 nitrogen and oxygen atoms in total. The van der Waals surface area contributed by atoms with Gasteiger partial charge >= 0.3 is 11.9 Å².